The van der Waals surface area contributed by atoms with Crippen LogP contribution in [0.25, 0.3) is 11.0 Å². The zero-order chi connectivity index (χ0) is 18.1. The number of nitrogens with zero attached hydrogens (tertiary/aromatic N) is 2. The van der Waals surface area contributed by atoms with Gasteiger partial charge in [-0.2, -0.15) is 0 Å². The molecule has 4 rings (SSSR count). The molecule has 1 aliphatic rings. The quantitative estimate of drug-likeness (QED) is 0.646. The van der Waals surface area contributed by atoms with Crippen LogP contribution in [0.1, 0.15) is 24.7 Å². The van der Waals surface area contributed by atoms with Crippen molar-refractivity contribution >= 4 is 44.5 Å². The molecule has 5 nitrogen and oxygen atoms in total. The number of imidazole rings is 1. The van der Waals surface area contributed by atoms with Gasteiger partial charge in [0.15, 0.2) is 6.61 Å². The monoisotopic (exact) mass is 433 g/mol. The third-order valence-electron chi connectivity index (χ3n) is 4.54. The van der Waals surface area contributed by atoms with E-state index < -0.39 is 0 Å². The predicted molar refractivity (Wildman–Crippen MR) is 104 cm³/mol. The van der Waals surface area contributed by atoms with Crippen molar-refractivity contribution in [3.8, 4) is 5.75 Å². The van der Waals surface area contributed by atoms with Crippen molar-refractivity contribution in [1.29, 1.82) is 0 Å². The van der Waals surface area contributed by atoms with Crippen LogP contribution in [0.5, 0.6) is 5.75 Å². The van der Waals surface area contributed by atoms with Gasteiger partial charge in [-0.05, 0) is 43.2 Å². The Hall–Kier alpha value is -2.05. The van der Waals surface area contributed by atoms with Gasteiger partial charge in [-0.1, -0.05) is 39.7 Å². The molecule has 7 heteroatoms. The molecule has 0 unspecified atom stereocenters. The van der Waals surface area contributed by atoms with Crippen molar-refractivity contribution in [2.75, 3.05) is 13.2 Å². The number of nitrogens with one attached hydrogen (secondary N) is 1. The number of ether oxygens (including phenoxy) is 1. The molecule has 1 fully saturated rings. The lowest BCUT2D eigenvalue weighted by atomic mass is 10.2. The SMILES string of the molecule is O=C(COc1ccc(Br)cc1Cl)N1CCC[C@@H]1c1nc2ccccc2[nH]1. The zero-order valence-electron chi connectivity index (χ0n) is 13.9. The number of hydrogen-bond donors (Lipinski definition) is 1. The lowest BCUT2D eigenvalue weighted by Gasteiger charge is -2.23. The van der Waals surface area contributed by atoms with Crippen LogP contribution >= 0.6 is 27.5 Å². The van der Waals surface area contributed by atoms with Gasteiger partial charge < -0.3 is 14.6 Å². The molecule has 3 aromatic rings. The van der Waals surface area contributed by atoms with E-state index in [9.17, 15) is 4.79 Å². The number of H-pyrrole nitrogens is 1. The number of carbonyl (C=O) groups excluding carboxylic acids is 1. The van der Waals surface area contributed by atoms with E-state index in [4.69, 9.17) is 16.3 Å². The van der Waals surface area contributed by atoms with E-state index in [1.165, 1.54) is 0 Å². The van der Waals surface area contributed by atoms with Gasteiger partial charge in [-0.15, -0.1) is 0 Å². The van der Waals surface area contributed by atoms with Gasteiger partial charge in [0.05, 0.1) is 22.1 Å². The van der Waals surface area contributed by atoms with Gasteiger partial charge in [-0.3, -0.25) is 4.79 Å². The lowest BCUT2D eigenvalue weighted by Crippen LogP contribution is -2.34. The summed E-state index contributed by atoms with van der Waals surface area (Å²) >= 11 is 9.50. The largest absolute Gasteiger partial charge is 0.482 e. The number of likely N-dealkylation sites (tertiary alicyclic amines) is 1. The molecule has 2 heterocycles. The minimum Gasteiger partial charge on any atom is -0.482 e. The molecular formula is C19H17BrClN3O2. The fraction of sp³-hybridized carbons (Fsp3) is 0.263. The number of aromatic amines is 1. The van der Waals surface area contributed by atoms with Crippen LogP contribution in [0.2, 0.25) is 5.02 Å². The molecule has 0 radical (unpaired) electrons. The number of amides is 1. The standard InChI is InChI=1S/C19H17BrClN3O2/c20-12-7-8-17(13(21)10-12)26-11-18(25)24-9-3-6-16(24)19-22-14-4-1-2-5-15(14)23-19/h1-2,4-5,7-8,10,16H,3,6,9,11H2,(H,22,23)/t16-/m1/s1. The smallest absolute Gasteiger partial charge is 0.261 e. The predicted octanol–water partition coefficient (Wildman–Crippen LogP) is 4.72. The van der Waals surface area contributed by atoms with Crippen molar-refractivity contribution in [2.45, 2.75) is 18.9 Å². The first kappa shape index (κ1) is 17.4. The Morgan fingerprint density at radius 1 is 1.35 bits per heavy atom. The van der Waals surface area contributed by atoms with Crippen LogP contribution < -0.4 is 4.74 Å². The van der Waals surface area contributed by atoms with E-state index in [2.05, 4.69) is 25.9 Å². The van der Waals surface area contributed by atoms with Gasteiger partial charge in [0.1, 0.15) is 11.6 Å². The maximum absolute atomic E-state index is 12.7. The Kier molecular flexibility index (Phi) is 4.87. The second-order valence-corrected chi connectivity index (χ2v) is 7.57. The minimum absolute atomic E-state index is 0.0427. The number of fused-ring (bicyclic) bond motifs is 1. The number of halogens is 2. The Labute approximate surface area is 164 Å². The molecule has 1 amide bonds. The highest BCUT2D eigenvalue weighted by Crippen LogP contribution is 2.32. The maximum Gasteiger partial charge on any atom is 0.261 e. The molecule has 26 heavy (non-hydrogen) atoms. The van der Waals surface area contributed by atoms with Crippen molar-refractivity contribution in [2.24, 2.45) is 0 Å². The Morgan fingerprint density at radius 3 is 3.00 bits per heavy atom. The molecule has 134 valence electrons. The molecule has 0 spiro atoms. The molecule has 2 aromatic carbocycles. The van der Waals surface area contributed by atoms with Crippen LogP contribution in [0.3, 0.4) is 0 Å². The zero-order valence-corrected chi connectivity index (χ0v) is 16.3. The minimum atomic E-state index is -0.0630. The summed E-state index contributed by atoms with van der Waals surface area (Å²) in [6.45, 7) is 0.663. The molecule has 0 saturated carbocycles. The van der Waals surface area contributed by atoms with E-state index in [1.807, 2.05) is 35.2 Å². The average Bonchev–Trinajstić information content (AvgIpc) is 3.27. The third kappa shape index (κ3) is 3.44. The number of benzene rings is 2. The summed E-state index contributed by atoms with van der Waals surface area (Å²) in [5.74, 6) is 1.27. The van der Waals surface area contributed by atoms with Crippen molar-refractivity contribution in [3.05, 3.63) is 57.8 Å². The van der Waals surface area contributed by atoms with E-state index in [-0.39, 0.29) is 18.6 Å². The number of aromatic nitrogens is 2. The molecular weight excluding hydrogens is 418 g/mol. The number of hydrogen-bond acceptors (Lipinski definition) is 3. The van der Waals surface area contributed by atoms with Crippen molar-refractivity contribution in [3.63, 3.8) is 0 Å². The van der Waals surface area contributed by atoms with Crippen LogP contribution in [-0.2, 0) is 4.79 Å². The van der Waals surface area contributed by atoms with Crippen LogP contribution in [0, 0.1) is 0 Å². The summed E-state index contributed by atoms with van der Waals surface area (Å²) in [5, 5.41) is 0.474. The average molecular weight is 435 g/mol. The van der Waals surface area contributed by atoms with E-state index >= 15 is 0 Å². The molecule has 1 aromatic heterocycles. The van der Waals surface area contributed by atoms with E-state index in [0.717, 1.165) is 34.2 Å². The second kappa shape index (κ2) is 7.29. The Balaban J connectivity index is 1.48. The first-order chi connectivity index (χ1) is 12.6. The van der Waals surface area contributed by atoms with Crippen LogP contribution in [0.15, 0.2) is 46.9 Å². The van der Waals surface area contributed by atoms with Crippen molar-refractivity contribution < 1.29 is 9.53 Å². The molecule has 1 atom stereocenters. The van der Waals surface area contributed by atoms with Crippen molar-refractivity contribution in [1.82, 2.24) is 14.9 Å². The van der Waals surface area contributed by atoms with Crippen LogP contribution in [0.4, 0.5) is 0 Å². The topological polar surface area (TPSA) is 58.2 Å². The van der Waals surface area contributed by atoms with Gasteiger partial charge in [0.2, 0.25) is 0 Å². The Morgan fingerprint density at radius 2 is 2.19 bits per heavy atom. The lowest BCUT2D eigenvalue weighted by molar-refractivity contribution is -0.134. The first-order valence-electron chi connectivity index (χ1n) is 8.44. The fourth-order valence-electron chi connectivity index (χ4n) is 3.29. The third-order valence-corrected chi connectivity index (χ3v) is 5.33. The summed E-state index contributed by atoms with van der Waals surface area (Å²) in [7, 11) is 0. The maximum atomic E-state index is 12.7. The molecule has 1 N–H and O–H groups in total. The highest BCUT2D eigenvalue weighted by atomic mass is 79.9. The number of rotatable bonds is 4. The number of carbonyl (C=O) groups is 1. The van der Waals surface area contributed by atoms with Gasteiger partial charge >= 0.3 is 0 Å². The normalized spacial score (nSPS) is 17.0. The van der Waals surface area contributed by atoms with Gasteiger partial charge in [-0.25, -0.2) is 4.98 Å². The molecule has 1 aliphatic heterocycles. The van der Waals surface area contributed by atoms with E-state index in [0.29, 0.717) is 17.3 Å². The van der Waals surface area contributed by atoms with Gasteiger partial charge in [0, 0.05) is 11.0 Å². The number of para-hydroxylation sites is 2. The molecule has 1 saturated heterocycles. The summed E-state index contributed by atoms with van der Waals surface area (Å²) in [5.41, 5.74) is 1.90. The fourth-order valence-corrected chi connectivity index (χ4v) is 4.02. The summed E-state index contributed by atoms with van der Waals surface area (Å²) < 4.78 is 6.50. The summed E-state index contributed by atoms with van der Waals surface area (Å²) in [6, 6.07) is 13.2. The summed E-state index contributed by atoms with van der Waals surface area (Å²) in [4.78, 5) is 22.5. The Bertz CT molecular complexity index is 926. The van der Waals surface area contributed by atoms with Gasteiger partial charge in [0.25, 0.3) is 5.91 Å². The summed E-state index contributed by atoms with van der Waals surface area (Å²) in [6.07, 6.45) is 1.84. The highest BCUT2D eigenvalue weighted by molar-refractivity contribution is 9.10. The molecule has 0 bridgehead atoms. The first-order valence-corrected chi connectivity index (χ1v) is 9.61. The van der Waals surface area contributed by atoms with E-state index in [1.54, 1.807) is 12.1 Å². The second-order valence-electron chi connectivity index (χ2n) is 6.25. The molecule has 0 aliphatic carbocycles. The highest BCUT2D eigenvalue weighted by Gasteiger charge is 2.32. The van der Waals surface area contributed by atoms with Crippen LogP contribution in [-0.4, -0.2) is 33.9 Å².